The van der Waals surface area contributed by atoms with Crippen LogP contribution in [0, 0.1) is 0 Å². The molecule has 2 amide bonds. The van der Waals surface area contributed by atoms with E-state index in [0.717, 1.165) is 0 Å². The Hall–Kier alpha value is -3.32. The maximum absolute atomic E-state index is 13.1. The first-order valence-corrected chi connectivity index (χ1v) is 9.29. The van der Waals surface area contributed by atoms with E-state index in [0.29, 0.717) is 48.9 Å². The quantitative estimate of drug-likeness (QED) is 0.759. The lowest BCUT2D eigenvalue weighted by atomic mass is 10.1. The molecule has 29 heavy (non-hydrogen) atoms. The molecule has 0 atom stereocenters. The Morgan fingerprint density at radius 1 is 1.00 bits per heavy atom. The van der Waals surface area contributed by atoms with Gasteiger partial charge < -0.3 is 24.4 Å². The van der Waals surface area contributed by atoms with Crippen molar-refractivity contribution in [2.24, 2.45) is 0 Å². The lowest BCUT2D eigenvalue weighted by Gasteiger charge is -2.28. The van der Waals surface area contributed by atoms with Crippen molar-refractivity contribution in [2.45, 2.75) is 0 Å². The Morgan fingerprint density at radius 2 is 1.69 bits per heavy atom. The lowest BCUT2D eigenvalue weighted by Crippen LogP contribution is -2.44. The van der Waals surface area contributed by atoms with Crippen LogP contribution >= 0.6 is 0 Å². The van der Waals surface area contributed by atoms with E-state index < -0.39 is 0 Å². The number of hydrogen-bond acceptors (Lipinski definition) is 5. The van der Waals surface area contributed by atoms with Crippen LogP contribution in [0.5, 0.6) is 11.5 Å². The van der Waals surface area contributed by atoms with Crippen LogP contribution in [0.15, 0.2) is 54.2 Å². The number of methoxy groups -OCH3 is 2. The van der Waals surface area contributed by atoms with Crippen LogP contribution in [-0.4, -0.2) is 57.2 Å². The predicted octanol–water partition coefficient (Wildman–Crippen LogP) is 2.33. The van der Waals surface area contributed by atoms with E-state index in [9.17, 15) is 9.59 Å². The standard InChI is InChI=1S/C22H24N2O5/c1-27-19-9-8-16(15-20(19)28-2)14-18(22(26)24-10-12-29-13-11-24)23-21(25)17-6-4-3-5-7-17/h3-9,14-15H,10-13H2,1-2H3,(H,23,25)/b18-14-. The van der Waals surface area contributed by atoms with Gasteiger partial charge in [0.25, 0.3) is 11.8 Å². The Balaban J connectivity index is 1.92. The van der Waals surface area contributed by atoms with E-state index in [-0.39, 0.29) is 17.5 Å². The molecule has 2 aromatic rings. The van der Waals surface area contributed by atoms with E-state index in [1.807, 2.05) is 6.07 Å². The SMILES string of the molecule is COc1ccc(/C=C(\NC(=O)c2ccccc2)C(=O)N2CCOCC2)cc1OC. The first kappa shape index (κ1) is 20.4. The fourth-order valence-electron chi connectivity index (χ4n) is 2.98. The number of amides is 2. The molecule has 3 rings (SSSR count). The number of nitrogens with one attached hydrogen (secondary N) is 1. The Bertz CT molecular complexity index is 889. The van der Waals surface area contributed by atoms with Crippen molar-refractivity contribution >= 4 is 17.9 Å². The summed E-state index contributed by atoms with van der Waals surface area (Å²) in [5.41, 5.74) is 1.36. The zero-order chi connectivity index (χ0) is 20.6. The molecule has 1 aliphatic heterocycles. The Kier molecular flexibility index (Phi) is 6.86. The monoisotopic (exact) mass is 396 g/mol. The molecular formula is C22H24N2O5. The van der Waals surface area contributed by atoms with Crippen molar-refractivity contribution in [2.75, 3.05) is 40.5 Å². The third-order valence-corrected chi connectivity index (χ3v) is 4.53. The first-order chi connectivity index (χ1) is 14.1. The van der Waals surface area contributed by atoms with Crippen LogP contribution < -0.4 is 14.8 Å². The normalized spacial score (nSPS) is 14.3. The Morgan fingerprint density at radius 3 is 2.34 bits per heavy atom. The average Bonchev–Trinajstić information content (AvgIpc) is 2.79. The summed E-state index contributed by atoms with van der Waals surface area (Å²) in [7, 11) is 3.10. The minimum absolute atomic E-state index is 0.188. The summed E-state index contributed by atoms with van der Waals surface area (Å²) in [6, 6.07) is 14.1. The molecular weight excluding hydrogens is 372 g/mol. The number of morpholine rings is 1. The molecule has 1 heterocycles. The average molecular weight is 396 g/mol. The Labute approximate surface area is 169 Å². The second-order valence-corrected chi connectivity index (χ2v) is 6.40. The van der Waals surface area contributed by atoms with Gasteiger partial charge in [0.2, 0.25) is 0 Å². The molecule has 0 aromatic heterocycles. The second kappa shape index (κ2) is 9.75. The van der Waals surface area contributed by atoms with Crippen molar-refractivity contribution in [3.05, 3.63) is 65.4 Å². The van der Waals surface area contributed by atoms with Gasteiger partial charge in [-0.05, 0) is 35.9 Å². The van der Waals surface area contributed by atoms with Gasteiger partial charge in [0.15, 0.2) is 11.5 Å². The molecule has 2 aromatic carbocycles. The van der Waals surface area contributed by atoms with E-state index >= 15 is 0 Å². The summed E-state index contributed by atoms with van der Waals surface area (Å²) in [5, 5.41) is 2.76. The van der Waals surface area contributed by atoms with Crippen LogP contribution in [0.4, 0.5) is 0 Å². The van der Waals surface area contributed by atoms with Crippen LogP contribution in [0.3, 0.4) is 0 Å². The highest BCUT2D eigenvalue weighted by Gasteiger charge is 2.22. The largest absolute Gasteiger partial charge is 0.493 e. The zero-order valence-electron chi connectivity index (χ0n) is 16.5. The molecule has 152 valence electrons. The fourth-order valence-corrected chi connectivity index (χ4v) is 2.98. The number of benzene rings is 2. The predicted molar refractivity (Wildman–Crippen MR) is 109 cm³/mol. The van der Waals surface area contributed by atoms with Crippen LogP contribution in [0.25, 0.3) is 6.08 Å². The van der Waals surface area contributed by atoms with Gasteiger partial charge in [0, 0.05) is 18.7 Å². The van der Waals surface area contributed by atoms with Gasteiger partial charge in [-0.15, -0.1) is 0 Å². The summed E-state index contributed by atoms with van der Waals surface area (Å²) in [6.07, 6.45) is 1.64. The van der Waals surface area contributed by atoms with Crippen molar-refractivity contribution < 1.29 is 23.8 Å². The molecule has 0 spiro atoms. The third-order valence-electron chi connectivity index (χ3n) is 4.53. The summed E-state index contributed by atoms with van der Waals surface area (Å²) in [6.45, 7) is 1.90. The fraction of sp³-hybridized carbons (Fsp3) is 0.273. The number of ether oxygens (including phenoxy) is 3. The van der Waals surface area contributed by atoms with E-state index in [2.05, 4.69) is 5.32 Å². The summed E-state index contributed by atoms with van der Waals surface area (Å²) >= 11 is 0. The van der Waals surface area contributed by atoms with Crippen molar-refractivity contribution in [3.63, 3.8) is 0 Å². The molecule has 1 aliphatic rings. The van der Waals surface area contributed by atoms with Gasteiger partial charge in [-0.3, -0.25) is 9.59 Å². The summed E-state index contributed by atoms with van der Waals surface area (Å²) in [5.74, 6) is 0.513. The minimum atomic E-state index is -0.348. The molecule has 0 aliphatic carbocycles. The maximum Gasteiger partial charge on any atom is 0.270 e. The topological polar surface area (TPSA) is 77.1 Å². The molecule has 1 saturated heterocycles. The van der Waals surface area contributed by atoms with Gasteiger partial charge in [-0.25, -0.2) is 0 Å². The van der Waals surface area contributed by atoms with Crippen molar-refractivity contribution in [1.29, 1.82) is 0 Å². The number of carbonyl (C=O) groups excluding carboxylic acids is 2. The van der Waals surface area contributed by atoms with Crippen molar-refractivity contribution in [3.8, 4) is 11.5 Å². The molecule has 0 bridgehead atoms. The minimum Gasteiger partial charge on any atom is -0.493 e. The van der Waals surface area contributed by atoms with E-state index in [1.165, 1.54) is 0 Å². The highest BCUT2D eigenvalue weighted by molar-refractivity contribution is 6.05. The van der Waals surface area contributed by atoms with Gasteiger partial charge in [-0.2, -0.15) is 0 Å². The van der Waals surface area contributed by atoms with E-state index in [4.69, 9.17) is 14.2 Å². The molecule has 1 fully saturated rings. The second-order valence-electron chi connectivity index (χ2n) is 6.40. The van der Waals surface area contributed by atoms with Gasteiger partial charge in [0.05, 0.1) is 27.4 Å². The van der Waals surface area contributed by atoms with Crippen LogP contribution in [-0.2, 0) is 9.53 Å². The van der Waals surface area contributed by atoms with Crippen molar-refractivity contribution in [1.82, 2.24) is 10.2 Å². The highest BCUT2D eigenvalue weighted by atomic mass is 16.5. The summed E-state index contributed by atoms with van der Waals surface area (Å²) in [4.78, 5) is 27.4. The molecule has 1 N–H and O–H groups in total. The van der Waals surface area contributed by atoms with Gasteiger partial charge in [0.1, 0.15) is 5.70 Å². The first-order valence-electron chi connectivity index (χ1n) is 9.29. The van der Waals surface area contributed by atoms with E-state index in [1.54, 1.807) is 67.7 Å². The van der Waals surface area contributed by atoms with Crippen LogP contribution in [0.1, 0.15) is 15.9 Å². The molecule has 0 radical (unpaired) electrons. The zero-order valence-corrected chi connectivity index (χ0v) is 16.5. The molecule has 0 saturated carbocycles. The molecule has 7 nitrogen and oxygen atoms in total. The molecule has 0 unspecified atom stereocenters. The smallest absolute Gasteiger partial charge is 0.270 e. The number of rotatable bonds is 6. The highest BCUT2D eigenvalue weighted by Crippen LogP contribution is 2.28. The third kappa shape index (κ3) is 5.14. The van der Waals surface area contributed by atoms with Gasteiger partial charge >= 0.3 is 0 Å². The number of hydrogen-bond donors (Lipinski definition) is 1. The lowest BCUT2D eigenvalue weighted by molar-refractivity contribution is -0.131. The maximum atomic E-state index is 13.1. The molecule has 7 heteroatoms. The van der Waals surface area contributed by atoms with Gasteiger partial charge in [-0.1, -0.05) is 24.3 Å². The number of nitrogens with zero attached hydrogens (tertiary/aromatic N) is 1. The summed E-state index contributed by atoms with van der Waals surface area (Å²) < 4.78 is 15.9. The van der Waals surface area contributed by atoms with Crippen LogP contribution in [0.2, 0.25) is 0 Å². The number of carbonyl (C=O) groups is 2.